The summed E-state index contributed by atoms with van der Waals surface area (Å²) in [4.78, 5) is 25.1. The molecule has 252 valence electrons. The predicted octanol–water partition coefficient (Wildman–Crippen LogP) is 7.84. The van der Waals surface area contributed by atoms with Crippen LogP contribution in [0.25, 0.3) is 10.8 Å². The van der Waals surface area contributed by atoms with Crippen molar-refractivity contribution in [2.75, 3.05) is 13.2 Å². The van der Waals surface area contributed by atoms with Gasteiger partial charge in [0.2, 0.25) is 5.92 Å². The van der Waals surface area contributed by atoms with Gasteiger partial charge in [-0.3, -0.25) is 9.59 Å². The van der Waals surface area contributed by atoms with Gasteiger partial charge in [0.1, 0.15) is 5.82 Å². The molecule has 0 radical (unpaired) electrons. The van der Waals surface area contributed by atoms with Gasteiger partial charge in [0.05, 0.1) is 22.7 Å². The third kappa shape index (κ3) is 5.91. The Morgan fingerprint density at radius 1 is 0.979 bits per heavy atom. The van der Waals surface area contributed by atoms with Gasteiger partial charge in [-0.05, 0) is 110 Å². The van der Waals surface area contributed by atoms with Crippen molar-refractivity contribution in [3.63, 3.8) is 0 Å². The van der Waals surface area contributed by atoms with Crippen LogP contribution in [0, 0.1) is 40.3 Å². The van der Waals surface area contributed by atoms with E-state index in [0.717, 1.165) is 43.9 Å². The van der Waals surface area contributed by atoms with E-state index in [-0.39, 0.29) is 46.8 Å². The number of alkyl halides is 2. The van der Waals surface area contributed by atoms with E-state index in [1.54, 1.807) is 24.3 Å². The highest BCUT2D eigenvalue weighted by Crippen LogP contribution is 2.67. The lowest BCUT2D eigenvalue weighted by molar-refractivity contribution is -0.169. The second kappa shape index (κ2) is 12.4. The summed E-state index contributed by atoms with van der Waals surface area (Å²) in [6.45, 7) is 5.59. The molecule has 0 saturated heterocycles. The van der Waals surface area contributed by atoms with Gasteiger partial charge < -0.3 is 10.1 Å². The average Bonchev–Trinajstić information content (AvgIpc) is 3.39. The van der Waals surface area contributed by atoms with E-state index >= 15 is 0 Å². The van der Waals surface area contributed by atoms with Crippen LogP contribution in [-0.2, 0) is 11.2 Å². The molecule has 1 heterocycles. The summed E-state index contributed by atoms with van der Waals surface area (Å²) in [5.41, 5.74) is 1.20. The zero-order valence-corrected chi connectivity index (χ0v) is 27.4. The molecule has 3 aromatic rings. The summed E-state index contributed by atoms with van der Waals surface area (Å²) >= 11 is 0. The van der Waals surface area contributed by atoms with Crippen LogP contribution in [0.15, 0.2) is 47.3 Å². The van der Waals surface area contributed by atoms with Crippen molar-refractivity contribution >= 4 is 16.7 Å². The number of nitrogens with one attached hydrogen (secondary N) is 2. The maximum atomic E-state index is 14.7. The fourth-order valence-electron chi connectivity index (χ4n) is 10.4. The number of rotatable bonds is 8. The van der Waals surface area contributed by atoms with Crippen LogP contribution in [0.1, 0.15) is 99.7 Å². The van der Waals surface area contributed by atoms with Crippen molar-refractivity contribution in [2.24, 2.45) is 34.5 Å². The molecule has 0 aliphatic heterocycles. The number of nitrogens with zero attached hydrogens (tertiary/aromatic N) is 1. The lowest BCUT2D eigenvalue weighted by Crippen LogP contribution is -2.55. The summed E-state index contributed by atoms with van der Waals surface area (Å²) < 4.78 is 49.8. The van der Waals surface area contributed by atoms with Crippen LogP contribution in [0.4, 0.5) is 13.2 Å². The number of fused-ring (bicyclic) bond motifs is 6. The van der Waals surface area contributed by atoms with Gasteiger partial charge in [-0.2, -0.15) is 5.10 Å². The first kappa shape index (κ1) is 32.4. The van der Waals surface area contributed by atoms with Gasteiger partial charge in [-0.25, -0.2) is 18.3 Å². The number of carbonyl (C=O) groups excluding carboxylic acids is 1. The molecule has 4 saturated carbocycles. The monoisotopic (exact) mass is 649 g/mol. The van der Waals surface area contributed by atoms with Crippen LogP contribution in [0.2, 0.25) is 0 Å². The molecule has 9 heteroatoms. The fraction of sp³-hybridized carbons (Fsp3) is 0.605. The summed E-state index contributed by atoms with van der Waals surface area (Å²) in [7, 11) is 0. The molecule has 0 bridgehead atoms. The third-order valence-corrected chi connectivity index (χ3v) is 12.9. The molecule has 0 spiro atoms. The minimum atomic E-state index is -2.50. The summed E-state index contributed by atoms with van der Waals surface area (Å²) in [5, 5.41) is 10.8. The third-order valence-electron chi connectivity index (χ3n) is 12.9. The summed E-state index contributed by atoms with van der Waals surface area (Å²) in [6, 6.07) is 11.7. The first-order chi connectivity index (χ1) is 22.5. The quantitative estimate of drug-likeness (QED) is 0.244. The maximum absolute atomic E-state index is 14.7. The van der Waals surface area contributed by atoms with Gasteiger partial charge in [-0.1, -0.05) is 38.1 Å². The second-order valence-electron chi connectivity index (χ2n) is 15.3. The molecular weight excluding hydrogens is 603 g/mol. The number of hydrogen-bond donors (Lipinski definition) is 2. The zero-order valence-electron chi connectivity index (χ0n) is 27.4. The van der Waals surface area contributed by atoms with Crippen molar-refractivity contribution < 1.29 is 22.7 Å². The highest BCUT2D eigenvalue weighted by molar-refractivity contribution is 5.94. The van der Waals surface area contributed by atoms with Crippen LogP contribution in [0.5, 0.6) is 0 Å². The molecule has 7 rings (SSSR count). The molecule has 47 heavy (non-hydrogen) atoms. The highest BCUT2D eigenvalue weighted by atomic mass is 19.3. The molecule has 2 aromatic carbocycles. The average molecular weight is 650 g/mol. The van der Waals surface area contributed by atoms with Crippen molar-refractivity contribution in [3.8, 4) is 0 Å². The van der Waals surface area contributed by atoms with Gasteiger partial charge in [0.15, 0.2) is 0 Å². The van der Waals surface area contributed by atoms with E-state index in [9.17, 15) is 22.8 Å². The Balaban J connectivity index is 0.917. The van der Waals surface area contributed by atoms with Crippen molar-refractivity contribution in [3.05, 3.63) is 75.5 Å². The Morgan fingerprint density at radius 2 is 1.77 bits per heavy atom. The van der Waals surface area contributed by atoms with Gasteiger partial charge >= 0.3 is 0 Å². The van der Waals surface area contributed by atoms with Crippen LogP contribution in [0.3, 0.4) is 0 Å². The van der Waals surface area contributed by atoms with E-state index in [0.29, 0.717) is 66.8 Å². The number of hydrogen-bond acceptors (Lipinski definition) is 4. The zero-order chi connectivity index (χ0) is 33.0. The van der Waals surface area contributed by atoms with Crippen molar-refractivity contribution in [1.29, 1.82) is 0 Å². The SMILES string of the molecule is C[C@]12CCC3[C@@H](CC[C@H]4CC(F)(F)CC[C@]34C)[C@@H]1CC[C@@H]2OCCCNC(=O)c1cc(Cc2n[nH]c(=O)c3ccccc23)ccc1F. The lowest BCUT2D eigenvalue weighted by atomic mass is 9.45. The Morgan fingerprint density at radius 3 is 2.60 bits per heavy atom. The van der Waals surface area contributed by atoms with Crippen molar-refractivity contribution in [2.45, 2.75) is 96.5 Å². The molecule has 1 aromatic heterocycles. The minimum Gasteiger partial charge on any atom is -0.378 e. The van der Waals surface area contributed by atoms with Crippen LogP contribution in [-0.4, -0.2) is 41.3 Å². The first-order valence-corrected chi connectivity index (χ1v) is 17.5. The molecule has 4 fully saturated rings. The molecule has 2 N–H and O–H groups in total. The second-order valence-corrected chi connectivity index (χ2v) is 15.3. The normalized spacial score (nSPS) is 32.7. The Labute approximate surface area is 274 Å². The van der Waals surface area contributed by atoms with E-state index in [4.69, 9.17) is 4.74 Å². The van der Waals surface area contributed by atoms with E-state index in [1.807, 2.05) is 12.1 Å². The number of aromatic amines is 1. The topological polar surface area (TPSA) is 84.1 Å². The number of aromatic nitrogens is 2. The number of ether oxygens (including phenoxy) is 1. The molecule has 6 nitrogen and oxygen atoms in total. The molecular formula is C38H46F3N3O3. The van der Waals surface area contributed by atoms with Crippen molar-refractivity contribution in [1.82, 2.24) is 15.5 Å². The summed E-state index contributed by atoms with van der Waals surface area (Å²) in [5.74, 6) is -1.71. The van der Waals surface area contributed by atoms with Crippen LogP contribution >= 0.6 is 0 Å². The smallest absolute Gasteiger partial charge is 0.272 e. The minimum absolute atomic E-state index is 0.0230. The number of benzene rings is 2. The first-order valence-electron chi connectivity index (χ1n) is 17.5. The Bertz CT molecular complexity index is 1710. The molecule has 7 atom stereocenters. The number of amides is 1. The molecule has 1 unspecified atom stereocenters. The maximum Gasteiger partial charge on any atom is 0.272 e. The van der Waals surface area contributed by atoms with Gasteiger partial charge in [0.25, 0.3) is 11.5 Å². The molecule has 1 amide bonds. The predicted molar refractivity (Wildman–Crippen MR) is 175 cm³/mol. The molecule has 4 aliphatic rings. The number of H-pyrrole nitrogens is 1. The van der Waals surface area contributed by atoms with E-state index in [2.05, 4.69) is 29.4 Å². The van der Waals surface area contributed by atoms with Gasteiger partial charge in [0, 0.05) is 37.8 Å². The molecule has 4 aliphatic carbocycles. The largest absolute Gasteiger partial charge is 0.378 e. The van der Waals surface area contributed by atoms with E-state index < -0.39 is 17.6 Å². The van der Waals surface area contributed by atoms with E-state index in [1.165, 1.54) is 6.07 Å². The Kier molecular flexibility index (Phi) is 8.50. The van der Waals surface area contributed by atoms with Crippen LogP contribution < -0.4 is 10.9 Å². The standard InChI is InChI=1S/C38H46F3N3O3/c1-36-16-17-38(40,41)22-24(36)9-10-27-29-11-13-33(37(29,2)15-14-30(27)36)47-19-5-18-42-34(45)28-20-23(8-12-31(28)39)21-32-25-6-3-4-7-26(25)35(46)44-43-32/h3-4,6-8,12,20,24,27,29-30,33H,5,9-11,13-19,21-22H2,1-2H3,(H,42,45)(H,44,46)/t24-,27-,29-,30?,33-,36-,37-/m0/s1. The fourth-order valence-corrected chi connectivity index (χ4v) is 10.4. The number of halogens is 3. The Hall–Kier alpha value is -3.20. The lowest BCUT2D eigenvalue weighted by Gasteiger charge is -2.61. The number of carbonyl (C=O) groups is 1. The summed E-state index contributed by atoms with van der Waals surface area (Å²) in [6.07, 6.45) is 8.22. The highest BCUT2D eigenvalue weighted by Gasteiger charge is 2.62. The van der Waals surface area contributed by atoms with Gasteiger partial charge in [-0.15, -0.1) is 0 Å².